The number of carbonyl (C=O) groups excluding carboxylic acids is 8. The minimum Gasteiger partial charge on any atom is -0.343 e. The van der Waals surface area contributed by atoms with E-state index in [0.717, 1.165) is 0 Å². The lowest BCUT2D eigenvalue weighted by molar-refractivity contribution is -0.147. The van der Waals surface area contributed by atoms with Crippen LogP contribution in [0.1, 0.15) is 90.4 Å². The molecule has 18 nitrogen and oxygen atoms in total. The van der Waals surface area contributed by atoms with Crippen molar-refractivity contribution in [1.29, 1.82) is 0 Å². The van der Waals surface area contributed by atoms with E-state index in [4.69, 9.17) is 0 Å². The number of piperazine rings is 1. The fourth-order valence-electron chi connectivity index (χ4n) is 10.4. The van der Waals surface area contributed by atoms with Gasteiger partial charge in [0.15, 0.2) is 0 Å². The van der Waals surface area contributed by atoms with Crippen LogP contribution in [0.15, 0.2) is 60.7 Å². The number of thioether (sulfide) groups is 2. The molecule has 7 rings (SSSR count). The Kier molecular flexibility index (Phi) is 19.9. The molecular weight excluding hydrogens is 1000 g/mol. The molecule has 5 heterocycles. The average molecular weight is 1080 g/mol. The van der Waals surface area contributed by atoms with Crippen molar-refractivity contribution < 1.29 is 38.4 Å². The highest BCUT2D eigenvalue weighted by Crippen LogP contribution is 2.48. The van der Waals surface area contributed by atoms with Crippen LogP contribution in [0.5, 0.6) is 0 Å². The van der Waals surface area contributed by atoms with E-state index < -0.39 is 71.0 Å². The zero-order chi connectivity index (χ0) is 50.7. The molecule has 0 saturated carbocycles. The van der Waals surface area contributed by atoms with Crippen molar-refractivity contribution in [3.05, 3.63) is 71.8 Å². The van der Waals surface area contributed by atoms with Gasteiger partial charge in [0.05, 0.1) is 22.8 Å². The number of fused-ring (bicyclic) bond motifs is 2. The second-order valence-corrected chi connectivity index (χ2v) is 23.0. The molecule has 0 aliphatic carbocycles. The van der Waals surface area contributed by atoms with Crippen molar-refractivity contribution in [3.63, 3.8) is 0 Å². The Hall–Kier alpha value is -4.60. The third-order valence-electron chi connectivity index (χ3n) is 14.6. The second kappa shape index (κ2) is 24.6. The lowest BCUT2D eigenvalue weighted by Crippen LogP contribution is -2.60. The summed E-state index contributed by atoms with van der Waals surface area (Å²) >= 11 is 3.18. The van der Waals surface area contributed by atoms with E-state index in [-0.39, 0.29) is 97.2 Å². The molecule has 0 aromatic heterocycles. The second-order valence-electron chi connectivity index (χ2n) is 20.4. The van der Waals surface area contributed by atoms with Crippen LogP contribution >= 0.6 is 48.3 Å². The topological polar surface area (TPSA) is 222 Å². The molecule has 0 unspecified atom stereocenters. The molecule has 0 radical (unpaired) electrons. The molecular formula is C50H72Cl2N10O8S2. The van der Waals surface area contributed by atoms with Crippen molar-refractivity contribution >= 4 is 95.6 Å². The van der Waals surface area contributed by atoms with Crippen LogP contribution in [0.4, 0.5) is 0 Å². The number of hydrogen-bond donors (Lipinski definition) is 6. The van der Waals surface area contributed by atoms with Crippen molar-refractivity contribution in [3.8, 4) is 0 Å². The number of nitrogens with one attached hydrogen (secondary N) is 6. The summed E-state index contributed by atoms with van der Waals surface area (Å²) in [5.74, 6) is -1.74. The Labute approximate surface area is 444 Å². The highest BCUT2D eigenvalue weighted by molar-refractivity contribution is 8.00. The van der Waals surface area contributed by atoms with E-state index in [1.54, 1.807) is 120 Å². The van der Waals surface area contributed by atoms with E-state index in [2.05, 4.69) is 31.9 Å². The van der Waals surface area contributed by atoms with Gasteiger partial charge in [-0.1, -0.05) is 88.4 Å². The molecule has 0 spiro atoms. The predicted molar refractivity (Wildman–Crippen MR) is 283 cm³/mol. The van der Waals surface area contributed by atoms with Crippen LogP contribution < -0.4 is 31.9 Å². The molecule has 2 aromatic rings. The quantitative estimate of drug-likeness (QED) is 0.161. The SMILES string of the molecule is CN[C@@H](C)C(=O)N[C@H]1CCS[C@H]2CC(C)(C)[C@@H](C(=O)N[C@H](C(=O)N3CCN(C(=O)[C@@H](NC(=O)[C@H]4N5C(=O)[C@@H](NC(=O)[C@H](C)NC)CCS[C@H]5CC4(C)C)c4ccccc4)CC3)c3ccccc3)N2C1=O.Cl.Cl. The Morgan fingerprint density at radius 1 is 0.569 bits per heavy atom. The van der Waals surface area contributed by atoms with Crippen LogP contribution in [0, 0.1) is 10.8 Å². The number of amides is 8. The summed E-state index contributed by atoms with van der Waals surface area (Å²) in [6.07, 6.45) is 1.93. The summed E-state index contributed by atoms with van der Waals surface area (Å²) in [7, 11) is 3.34. The maximum atomic E-state index is 14.7. The van der Waals surface area contributed by atoms with Gasteiger partial charge in [-0.2, -0.15) is 0 Å². The van der Waals surface area contributed by atoms with E-state index >= 15 is 0 Å². The highest BCUT2D eigenvalue weighted by Gasteiger charge is 2.56. The van der Waals surface area contributed by atoms with Crippen molar-refractivity contribution in [2.45, 2.75) is 126 Å². The number of halogens is 2. The minimum absolute atomic E-state index is 0. The van der Waals surface area contributed by atoms with Gasteiger partial charge in [0.2, 0.25) is 47.3 Å². The first-order valence-corrected chi connectivity index (χ1v) is 26.5. The summed E-state index contributed by atoms with van der Waals surface area (Å²) in [6.45, 7) is 11.8. The van der Waals surface area contributed by atoms with E-state index in [0.29, 0.717) is 48.3 Å². The molecule has 72 heavy (non-hydrogen) atoms. The minimum atomic E-state index is -1.11. The number of likely N-dealkylation sites (N-methyl/N-ethyl adjacent to an activating group) is 2. The van der Waals surface area contributed by atoms with Gasteiger partial charge in [0.25, 0.3) is 0 Å². The largest absolute Gasteiger partial charge is 0.343 e. The molecule has 5 saturated heterocycles. The Balaban J connectivity index is 0.00000481. The van der Waals surface area contributed by atoms with Gasteiger partial charge < -0.3 is 51.5 Å². The maximum Gasteiger partial charge on any atom is 0.249 e. The van der Waals surface area contributed by atoms with Crippen LogP contribution in [0.2, 0.25) is 0 Å². The van der Waals surface area contributed by atoms with Crippen LogP contribution in [0.3, 0.4) is 0 Å². The fourth-order valence-corrected chi connectivity index (χ4v) is 13.5. The van der Waals surface area contributed by atoms with Crippen molar-refractivity contribution in [2.75, 3.05) is 51.8 Å². The van der Waals surface area contributed by atoms with Gasteiger partial charge in [-0.25, -0.2) is 0 Å². The van der Waals surface area contributed by atoms with Crippen LogP contribution in [-0.2, 0) is 38.4 Å². The fraction of sp³-hybridized carbons (Fsp3) is 0.600. The standard InChI is InChI=1S/C50H70N10O8S2.2ClH/c1-29(51-7)41(61)53-33-19-25-69-35-27-49(3,4)39(59(35)45(33)65)43(63)55-37(31-15-11-9-12-16-31)47(67)57-21-23-58(24-22-57)48(68)38(32-17-13-10-14-18-32)56-44(64)40-50(5,6)28-36-60(40)46(66)34(20-26-70-36)54-42(62)30(2)52-8;;/h9-18,29-30,33-40,51-52H,19-28H2,1-8H3,(H,53,61)(H,54,62)(H,55,63)(H,56,64);2*1H/t29-,30-,33-,34-,35-,36-,37-,38-,39+,40+;;/m0../s1. The van der Waals surface area contributed by atoms with Gasteiger partial charge in [-0.15, -0.1) is 48.3 Å². The van der Waals surface area contributed by atoms with E-state index in [1.807, 2.05) is 39.8 Å². The third kappa shape index (κ3) is 12.5. The number of rotatable bonds is 14. The first-order valence-electron chi connectivity index (χ1n) is 24.4. The first-order chi connectivity index (χ1) is 33.3. The summed E-state index contributed by atoms with van der Waals surface area (Å²) in [4.78, 5) is 120. The van der Waals surface area contributed by atoms with Gasteiger partial charge in [-0.05, 0) is 87.1 Å². The van der Waals surface area contributed by atoms with E-state index in [1.165, 1.54) is 0 Å². The van der Waals surface area contributed by atoms with Gasteiger partial charge >= 0.3 is 0 Å². The lowest BCUT2D eigenvalue weighted by Gasteiger charge is -2.39. The normalized spacial score (nSPS) is 26.1. The molecule has 0 bridgehead atoms. The van der Waals surface area contributed by atoms with Gasteiger partial charge in [0.1, 0.15) is 36.3 Å². The monoisotopic (exact) mass is 1070 g/mol. The molecule has 5 aliphatic rings. The molecule has 5 aliphatic heterocycles. The Morgan fingerprint density at radius 3 is 1.22 bits per heavy atom. The lowest BCUT2D eigenvalue weighted by atomic mass is 9.83. The molecule has 8 amide bonds. The summed E-state index contributed by atoms with van der Waals surface area (Å²) in [5.41, 5.74) is -0.212. The molecule has 396 valence electrons. The molecule has 10 atom stereocenters. The molecule has 6 N–H and O–H groups in total. The zero-order valence-corrected chi connectivity index (χ0v) is 45.6. The number of nitrogens with zero attached hydrogens (tertiary/aromatic N) is 4. The first kappa shape index (κ1) is 58.3. The summed E-state index contributed by atoms with van der Waals surface area (Å²) < 4.78 is 0. The van der Waals surface area contributed by atoms with Crippen molar-refractivity contribution in [1.82, 2.24) is 51.5 Å². The average Bonchev–Trinajstić information content (AvgIpc) is 3.67. The maximum absolute atomic E-state index is 14.7. The third-order valence-corrected chi connectivity index (χ3v) is 17.1. The van der Waals surface area contributed by atoms with Gasteiger partial charge in [-0.3, -0.25) is 38.4 Å². The van der Waals surface area contributed by atoms with Crippen LogP contribution in [-0.4, -0.2) is 166 Å². The molecule has 2 aromatic carbocycles. The van der Waals surface area contributed by atoms with E-state index in [9.17, 15) is 38.4 Å². The summed E-state index contributed by atoms with van der Waals surface area (Å²) in [6, 6.07) is 11.1. The predicted octanol–water partition coefficient (Wildman–Crippen LogP) is 2.58. The van der Waals surface area contributed by atoms with Crippen LogP contribution in [0.25, 0.3) is 0 Å². The number of benzene rings is 2. The Bertz CT molecular complexity index is 2140. The Morgan fingerprint density at radius 2 is 0.903 bits per heavy atom. The number of carbonyl (C=O) groups is 8. The molecule has 5 fully saturated rings. The molecule has 22 heteroatoms. The highest BCUT2D eigenvalue weighted by atomic mass is 35.5. The van der Waals surface area contributed by atoms with Crippen molar-refractivity contribution in [2.24, 2.45) is 10.8 Å². The zero-order valence-electron chi connectivity index (χ0n) is 42.3. The van der Waals surface area contributed by atoms with Gasteiger partial charge in [0, 0.05) is 26.2 Å². The summed E-state index contributed by atoms with van der Waals surface area (Å²) in [5, 5.41) is 17.1. The smallest absolute Gasteiger partial charge is 0.249 e. The number of hydrogen-bond acceptors (Lipinski definition) is 12.